The molecule has 1 atom stereocenters. The highest BCUT2D eigenvalue weighted by molar-refractivity contribution is 7.16. The maximum Gasteiger partial charge on any atom is 0.337 e. The summed E-state index contributed by atoms with van der Waals surface area (Å²) < 4.78 is 4.73. The van der Waals surface area contributed by atoms with Gasteiger partial charge in [0.25, 0.3) is 5.91 Å². The van der Waals surface area contributed by atoms with Gasteiger partial charge < -0.3 is 15.0 Å². The fourth-order valence-electron chi connectivity index (χ4n) is 3.05. The van der Waals surface area contributed by atoms with Gasteiger partial charge in [-0.15, -0.1) is 11.3 Å². The topological polar surface area (TPSA) is 88.6 Å². The molecule has 0 spiro atoms. The van der Waals surface area contributed by atoms with Gasteiger partial charge in [-0.05, 0) is 25.0 Å². The van der Waals surface area contributed by atoms with Crippen molar-refractivity contribution < 1.29 is 19.1 Å². The summed E-state index contributed by atoms with van der Waals surface area (Å²) in [5.41, 5.74) is 1.19. The van der Waals surface area contributed by atoms with Crippen LogP contribution in [0.25, 0.3) is 10.6 Å². The van der Waals surface area contributed by atoms with Crippen LogP contribution in [0, 0.1) is 0 Å². The molecule has 142 valence electrons. The highest BCUT2D eigenvalue weighted by Gasteiger charge is 2.24. The Hall–Kier alpha value is -2.74. The number of carbonyl (C=O) groups excluding carboxylic acids is 3. The molecule has 1 N–H and O–H groups in total. The minimum absolute atomic E-state index is 0.0273. The Morgan fingerprint density at radius 2 is 2.15 bits per heavy atom. The number of aromatic nitrogens is 1. The molecule has 1 aromatic carbocycles. The number of ether oxygens (including phenoxy) is 1. The van der Waals surface area contributed by atoms with Crippen LogP contribution < -0.4 is 5.32 Å². The summed E-state index contributed by atoms with van der Waals surface area (Å²) >= 11 is 1.26. The van der Waals surface area contributed by atoms with E-state index >= 15 is 0 Å². The number of likely N-dealkylation sites (tertiary alicyclic amines) is 1. The second-order valence-electron chi connectivity index (χ2n) is 6.38. The molecule has 2 aromatic rings. The molecule has 0 aliphatic carbocycles. The van der Waals surface area contributed by atoms with E-state index in [1.165, 1.54) is 24.6 Å². The summed E-state index contributed by atoms with van der Waals surface area (Å²) in [6.45, 7) is 2.82. The van der Waals surface area contributed by atoms with Gasteiger partial charge in [-0.25, -0.2) is 9.78 Å². The largest absolute Gasteiger partial charge is 0.465 e. The summed E-state index contributed by atoms with van der Waals surface area (Å²) in [6, 6.07) is 6.89. The monoisotopic (exact) mass is 387 g/mol. The van der Waals surface area contributed by atoms with E-state index in [9.17, 15) is 14.4 Å². The van der Waals surface area contributed by atoms with E-state index in [-0.39, 0.29) is 17.9 Å². The number of thiazole rings is 1. The fourth-order valence-corrected chi connectivity index (χ4v) is 3.86. The van der Waals surface area contributed by atoms with Gasteiger partial charge in [0, 0.05) is 31.6 Å². The first-order valence-corrected chi connectivity index (χ1v) is 9.50. The Morgan fingerprint density at radius 1 is 1.33 bits per heavy atom. The van der Waals surface area contributed by atoms with E-state index in [4.69, 9.17) is 4.74 Å². The van der Waals surface area contributed by atoms with Gasteiger partial charge in [0.1, 0.15) is 9.88 Å². The van der Waals surface area contributed by atoms with Gasteiger partial charge in [0.2, 0.25) is 5.91 Å². The van der Waals surface area contributed by atoms with Crippen molar-refractivity contribution in [2.75, 3.05) is 20.2 Å². The maximum absolute atomic E-state index is 12.5. The number of methoxy groups -OCH3 is 1. The highest BCUT2D eigenvalue weighted by atomic mass is 32.1. The standard InChI is InChI=1S/C19H21N3O4S/c1-12(23)22-8-4-7-15(11-22)21-17(24)16-10-20-18(27-16)13-5-3-6-14(9-13)19(25)26-2/h3,5-6,9-10,15H,4,7-8,11H2,1-2H3,(H,21,24). The molecule has 3 rings (SSSR count). The van der Waals surface area contributed by atoms with Gasteiger partial charge in [-0.3, -0.25) is 9.59 Å². The van der Waals surface area contributed by atoms with Gasteiger partial charge in [-0.1, -0.05) is 12.1 Å². The van der Waals surface area contributed by atoms with E-state index in [1.54, 1.807) is 30.0 Å². The molecule has 8 heteroatoms. The molecule has 1 fully saturated rings. The van der Waals surface area contributed by atoms with Crippen LogP contribution in [0.5, 0.6) is 0 Å². The van der Waals surface area contributed by atoms with E-state index in [0.29, 0.717) is 22.0 Å². The minimum atomic E-state index is -0.418. The zero-order chi connectivity index (χ0) is 19.4. The van der Waals surface area contributed by atoms with Gasteiger partial charge in [-0.2, -0.15) is 0 Å². The molecule has 1 aliphatic rings. The van der Waals surface area contributed by atoms with Gasteiger partial charge >= 0.3 is 5.97 Å². The highest BCUT2D eigenvalue weighted by Crippen LogP contribution is 2.26. The zero-order valence-electron chi connectivity index (χ0n) is 15.2. The van der Waals surface area contributed by atoms with Crippen molar-refractivity contribution in [2.45, 2.75) is 25.8 Å². The Bertz CT molecular complexity index is 864. The summed E-state index contributed by atoms with van der Waals surface area (Å²) in [5.74, 6) is -0.587. The third-order valence-corrected chi connectivity index (χ3v) is 5.51. The predicted octanol–water partition coefficient (Wildman–Crippen LogP) is 2.34. The Kier molecular flexibility index (Phi) is 5.85. The molecule has 0 radical (unpaired) electrons. The quantitative estimate of drug-likeness (QED) is 0.814. The minimum Gasteiger partial charge on any atom is -0.465 e. The van der Waals surface area contributed by atoms with Crippen molar-refractivity contribution in [3.05, 3.63) is 40.9 Å². The molecule has 7 nitrogen and oxygen atoms in total. The van der Waals surface area contributed by atoms with Crippen LogP contribution in [-0.4, -0.2) is 53.9 Å². The van der Waals surface area contributed by atoms with Crippen molar-refractivity contribution in [2.24, 2.45) is 0 Å². The van der Waals surface area contributed by atoms with Crippen LogP contribution in [0.2, 0.25) is 0 Å². The summed E-state index contributed by atoms with van der Waals surface area (Å²) in [4.78, 5) is 42.3. The average Bonchev–Trinajstić information content (AvgIpc) is 3.18. The Morgan fingerprint density at radius 3 is 2.89 bits per heavy atom. The van der Waals surface area contributed by atoms with Crippen molar-refractivity contribution in [1.82, 2.24) is 15.2 Å². The van der Waals surface area contributed by atoms with Crippen LogP contribution in [0.1, 0.15) is 39.8 Å². The number of piperidine rings is 1. The fraction of sp³-hybridized carbons (Fsp3) is 0.368. The molecule has 2 amide bonds. The van der Waals surface area contributed by atoms with Gasteiger partial charge in [0.05, 0.1) is 18.9 Å². The lowest BCUT2D eigenvalue weighted by molar-refractivity contribution is -0.130. The lowest BCUT2D eigenvalue weighted by Crippen LogP contribution is -2.48. The first-order chi connectivity index (χ1) is 13.0. The van der Waals surface area contributed by atoms with E-state index in [0.717, 1.165) is 24.9 Å². The molecule has 0 saturated carbocycles. The van der Waals surface area contributed by atoms with Crippen LogP contribution in [-0.2, 0) is 9.53 Å². The third-order valence-electron chi connectivity index (χ3n) is 4.46. The lowest BCUT2D eigenvalue weighted by atomic mass is 10.1. The van der Waals surface area contributed by atoms with E-state index < -0.39 is 5.97 Å². The molecule has 1 saturated heterocycles. The molecule has 1 unspecified atom stereocenters. The number of amides is 2. The number of esters is 1. The van der Waals surface area contributed by atoms with Crippen molar-refractivity contribution in [1.29, 1.82) is 0 Å². The van der Waals surface area contributed by atoms with Crippen LogP contribution >= 0.6 is 11.3 Å². The first kappa shape index (κ1) is 19.0. The van der Waals surface area contributed by atoms with E-state index in [2.05, 4.69) is 10.3 Å². The van der Waals surface area contributed by atoms with Gasteiger partial charge in [0.15, 0.2) is 0 Å². The normalized spacial score (nSPS) is 16.7. The van der Waals surface area contributed by atoms with Crippen molar-refractivity contribution in [3.63, 3.8) is 0 Å². The Balaban J connectivity index is 1.69. The second-order valence-corrected chi connectivity index (χ2v) is 7.41. The lowest BCUT2D eigenvalue weighted by Gasteiger charge is -2.32. The number of nitrogens with one attached hydrogen (secondary N) is 1. The molecule has 1 aromatic heterocycles. The summed E-state index contributed by atoms with van der Waals surface area (Å²) in [5, 5.41) is 3.64. The number of rotatable bonds is 4. The molecule has 27 heavy (non-hydrogen) atoms. The molecular weight excluding hydrogens is 366 g/mol. The predicted molar refractivity (Wildman–Crippen MR) is 102 cm³/mol. The number of carbonyl (C=O) groups is 3. The van der Waals surface area contributed by atoms with Crippen molar-refractivity contribution in [3.8, 4) is 10.6 Å². The number of benzene rings is 1. The van der Waals surface area contributed by atoms with Crippen molar-refractivity contribution >= 4 is 29.1 Å². The summed E-state index contributed by atoms with van der Waals surface area (Å²) in [6.07, 6.45) is 3.26. The number of hydrogen-bond donors (Lipinski definition) is 1. The van der Waals surface area contributed by atoms with Crippen LogP contribution in [0.15, 0.2) is 30.5 Å². The molecule has 2 heterocycles. The van der Waals surface area contributed by atoms with E-state index in [1.807, 2.05) is 6.07 Å². The molecule has 1 aliphatic heterocycles. The zero-order valence-corrected chi connectivity index (χ0v) is 16.0. The number of nitrogens with zero attached hydrogens (tertiary/aromatic N) is 2. The smallest absolute Gasteiger partial charge is 0.337 e. The number of hydrogen-bond acceptors (Lipinski definition) is 6. The first-order valence-electron chi connectivity index (χ1n) is 8.69. The molecule has 0 bridgehead atoms. The maximum atomic E-state index is 12.5. The molecular formula is C19H21N3O4S. The summed E-state index contributed by atoms with van der Waals surface area (Å²) in [7, 11) is 1.33. The SMILES string of the molecule is COC(=O)c1cccc(-c2ncc(C(=O)NC3CCCN(C(C)=O)C3)s2)c1. The average molecular weight is 387 g/mol. The Labute approximate surface area is 161 Å². The van der Waals surface area contributed by atoms with Crippen LogP contribution in [0.4, 0.5) is 0 Å². The third kappa shape index (κ3) is 4.51. The second kappa shape index (κ2) is 8.30. The van der Waals surface area contributed by atoms with Crippen LogP contribution in [0.3, 0.4) is 0 Å².